The Kier molecular flexibility index (Phi) is 8.00. The number of hydrogen-bond acceptors (Lipinski definition) is 5. The molecule has 0 aliphatic heterocycles. The van der Waals surface area contributed by atoms with Crippen molar-refractivity contribution < 1.29 is 31.5 Å². The molecule has 6 nitrogen and oxygen atoms in total. The van der Waals surface area contributed by atoms with Crippen LogP contribution in [0.3, 0.4) is 0 Å². The molecule has 2 aromatic rings. The van der Waals surface area contributed by atoms with Gasteiger partial charge in [0.2, 0.25) is 0 Å². The van der Waals surface area contributed by atoms with E-state index in [-0.39, 0.29) is 11.3 Å². The van der Waals surface area contributed by atoms with Gasteiger partial charge in [-0.05, 0) is 17.2 Å². The second kappa shape index (κ2) is 10.0. The number of alkyl halides is 4. The van der Waals surface area contributed by atoms with E-state index in [2.05, 4.69) is 4.98 Å². The summed E-state index contributed by atoms with van der Waals surface area (Å²) in [5.41, 5.74) is 1.89. The van der Waals surface area contributed by atoms with Crippen LogP contribution >= 0.6 is 11.6 Å². The van der Waals surface area contributed by atoms with E-state index in [1.165, 1.54) is 18.3 Å². The Bertz CT molecular complexity index is 925. The molecule has 0 spiro atoms. The van der Waals surface area contributed by atoms with E-state index in [1.54, 1.807) is 29.6 Å². The fraction of sp³-hybridized carbons (Fsp3) is 0.333. The molecular weight excluding hydrogens is 433 g/mol. The number of rotatable bonds is 9. The zero-order valence-corrected chi connectivity index (χ0v) is 16.5. The number of halogens is 4. The monoisotopic (exact) mass is 450 g/mol. The number of carbonyl (C=O) groups excluding carboxylic acids is 1. The third-order valence-electron chi connectivity index (χ3n) is 4.02. The lowest BCUT2D eigenvalue weighted by atomic mass is 9.99. The maximum absolute atomic E-state index is 13.1. The first-order valence-corrected chi connectivity index (χ1v) is 10.7. The SMILES string of the molecule is O=C(NC(CF)C(O)c1ccc(-c2ccc(CS(=O)(=O)CCl)nc2)cc1)C(F)F. The van der Waals surface area contributed by atoms with E-state index >= 15 is 0 Å². The van der Waals surface area contributed by atoms with Gasteiger partial charge in [0.15, 0.2) is 9.84 Å². The van der Waals surface area contributed by atoms with Crippen LogP contribution in [0.1, 0.15) is 17.4 Å². The highest BCUT2D eigenvalue weighted by Gasteiger charge is 2.26. The number of benzene rings is 1. The fourth-order valence-electron chi connectivity index (χ4n) is 2.50. The van der Waals surface area contributed by atoms with Crippen molar-refractivity contribution in [2.75, 3.05) is 11.9 Å². The molecule has 1 amide bonds. The Hall–Kier alpha value is -2.17. The minimum Gasteiger partial charge on any atom is -0.386 e. The summed E-state index contributed by atoms with van der Waals surface area (Å²) in [5.74, 6) is -1.94. The standard InChI is InChI=1S/C18H18ClF3N2O4S/c19-10-29(27,28)9-14-6-5-13(8-23-14)11-1-3-12(4-2-11)16(25)15(7-20)24-18(26)17(21)22/h1-6,8,15-17,25H,7,9-10H2,(H,24,26). The van der Waals surface area contributed by atoms with Gasteiger partial charge in [0.25, 0.3) is 5.91 Å². The van der Waals surface area contributed by atoms with E-state index < -0.39 is 46.2 Å². The van der Waals surface area contributed by atoms with E-state index in [9.17, 15) is 31.5 Å². The van der Waals surface area contributed by atoms with Gasteiger partial charge in [-0.25, -0.2) is 12.8 Å². The van der Waals surface area contributed by atoms with Gasteiger partial charge < -0.3 is 10.4 Å². The van der Waals surface area contributed by atoms with Crippen molar-refractivity contribution in [2.24, 2.45) is 0 Å². The second-order valence-electron chi connectivity index (χ2n) is 6.17. The molecule has 0 saturated heterocycles. The van der Waals surface area contributed by atoms with Gasteiger partial charge in [0.05, 0.1) is 17.5 Å². The van der Waals surface area contributed by atoms with Crippen LogP contribution in [0.2, 0.25) is 0 Å². The lowest BCUT2D eigenvalue weighted by Crippen LogP contribution is -2.43. The maximum Gasteiger partial charge on any atom is 0.315 e. The molecule has 0 saturated carbocycles. The first-order valence-electron chi connectivity index (χ1n) is 8.31. The number of carbonyl (C=O) groups is 1. The van der Waals surface area contributed by atoms with E-state index in [0.29, 0.717) is 16.8 Å². The summed E-state index contributed by atoms with van der Waals surface area (Å²) in [6.45, 7) is -1.22. The molecule has 1 aromatic heterocycles. The lowest BCUT2D eigenvalue weighted by Gasteiger charge is -2.22. The van der Waals surface area contributed by atoms with E-state index in [4.69, 9.17) is 11.6 Å². The average molecular weight is 451 g/mol. The Morgan fingerprint density at radius 1 is 1.14 bits per heavy atom. The van der Waals surface area contributed by atoms with E-state index in [1.807, 2.05) is 0 Å². The van der Waals surface area contributed by atoms with Crippen LogP contribution in [0.5, 0.6) is 0 Å². The van der Waals surface area contributed by atoms with Gasteiger partial charge in [-0.3, -0.25) is 9.78 Å². The second-order valence-corrected chi connectivity index (χ2v) is 8.82. The van der Waals surface area contributed by atoms with Gasteiger partial charge in [-0.2, -0.15) is 8.78 Å². The van der Waals surface area contributed by atoms with Crippen molar-refractivity contribution in [3.8, 4) is 11.1 Å². The van der Waals surface area contributed by atoms with Crippen LogP contribution in [0.25, 0.3) is 11.1 Å². The molecule has 0 radical (unpaired) electrons. The zero-order valence-electron chi connectivity index (χ0n) is 14.9. The zero-order chi connectivity index (χ0) is 21.6. The number of amides is 1. The summed E-state index contributed by atoms with van der Waals surface area (Å²) in [7, 11) is -3.42. The van der Waals surface area contributed by atoms with Crippen LogP contribution < -0.4 is 5.32 Å². The number of hydrogen-bond donors (Lipinski definition) is 2. The minimum atomic E-state index is -3.42. The molecule has 2 rings (SSSR count). The molecule has 2 N–H and O–H groups in total. The van der Waals surface area contributed by atoms with Gasteiger partial charge >= 0.3 is 6.43 Å². The first-order chi connectivity index (χ1) is 13.7. The number of aliphatic hydroxyl groups is 1. The molecule has 0 aliphatic rings. The normalized spacial score (nSPS) is 13.9. The number of nitrogens with zero attached hydrogens (tertiary/aromatic N) is 1. The molecule has 29 heavy (non-hydrogen) atoms. The summed E-state index contributed by atoms with van der Waals surface area (Å²) < 4.78 is 60.7. The van der Waals surface area contributed by atoms with Crippen LogP contribution in [-0.2, 0) is 20.4 Å². The summed E-state index contributed by atoms with van der Waals surface area (Å²) in [4.78, 5) is 15.1. The molecule has 1 aromatic carbocycles. The Morgan fingerprint density at radius 2 is 1.76 bits per heavy atom. The number of aromatic nitrogens is 1. The summed E-state index contributed by atoms with van der Waals surface area (Å²) in [5, 5.41) is 11.4. The van der Waals surface area contributed by atoms with Gasteiger partial charge in [0.1, 0.15) is 18.0 Å². The minimum absolute atomic E-state index is 0.226. The van der Waals surface area contributed by atoms with Crippen molar-refractivity contribution in [1.29, 1.82) is 0 Å². The van der Waals surface area contributed by atoms with E-state index in [0.717, 1.165) is 0 Å². The van der Waals surface area contributed by atoms with Gasteiger partial charge in [-0.15, -0.1) is 11.6 Å². The van der Waals surface area contributed by atoms with Gasteiger partial charge in [0, 0.05) is 11.8 Å². The summed E-state index contributed by atoms with van der Waals surface area (Å²) in [6, 6.07) is 7.80. The van der Waals surface area contributed by atoms with Crippen LogP contribution in [-0.4, -0.2) is 48.8 Å². The number of aliphatic hydroxyl groups excluding tert-OH is 1. The third-order valence-corrected chi connectivity index (χ3v) is 6.08. The average Bonchev–Trinajstić information content (AvgIpc) is 2.71. The van der Waals surface area contributed by atoms with Gasteiger partial charge in [-0.1, -0.05) is 30.3 Å². The molecule has 158 valence electrons. The molecule has 2 atom stereocenters. The predicted molar refractivity (Wildman–Crippen MR) is 102 cm³/mol. The summed E-state index contributed by atoms with van der Waals surface area (Å²) >= 11 is 5.37. The molecule has 1 heterocycles. The molecule has 0 fully saturated rings. The van der Waals surface area contributed by atoms with Crippen molar-refractivity contribution in [2.45, 2.75) is 24.3 Å². The Morgan fingerprint density at radius 3 is 2.24 bits per heavy atom. The number of nitrogens with one attached hydrogen (secondary N) is 1. The molecule has 11 heteroatoms. The van der Waals surface area contributed by atoms with Crippen molar-refractivity contribution in [3.05, 3.63) is 53.9 Å². The highest BCUT2D eigenvalue weighted by atomic mass is 35.5. The highest BCUT2D eigenvalue weighted by Crippen LogP contribution is 2.24. The molecule has 0 bridgehead atoms. The Labute approximate surface area is 170 Å². The number of sulfone groups is 1. The van der Waals surface area contributed by atoms with Crippen LogP contribution in [0.4, 0.5) is 13.2 Å². The number of pyridine rings is 1. The third kappa shape index (κ3) is 6.41. The summed E-state index contributed by atoms with van der Waals surface area (Å²) in [6.07, 6.45) is -3.36. The van der Waals surface area contributed by atoms with Crippen molar-refractivity contribution >= 4 is 27.3 Å². The quantitative estimate of drug-likeness (QED) is 0.572. The topological polar surface area (TPSA) is 96.4 Å². The fourth-order valence-corrected chi connectivity index (χ4v) is 3.43. The first kappa shape index (κ1) is 23.1. The van der Waals surface area contributed by atoms with Crippen molar-refractivity contribution in [1.82, 2.24) is 10.3 Å². The maximum atomic E-state index is 13.1. The van der Waals surface area contributed by atoms with Crippen molar-refractivity contribution in [3.63, 3.8) is 0 Å². The smallest absolute Gasteiger partial charge is 0.315 e. The van der Waals surface area contributed by atoms with Crippen LogP contribution in [0, 0.1) is 0 Å². The molecule has 2 unspecified atom stereocenters. The lowest BCUT2D eigenvalue weighted by molar-refractivity contribution is -0.133. The predicted octanol–water partition coefficient (Wildman–Crippen LogP) is 2.61. The highest BCUT2D eigenvalue weighted by molar-refractivity contribution is 7.91. The molecule has 0 aliphatic carbocycles. The largest absolute Gasteiger partial charge is 0.386 e. The Balaban J connectivity index is 2.12. The van der Waals surface area contributed by atoms with Crippen LogP contribution in [0.15, 0.2) is 42.6 Å². The molecular formula is C18H18ClF3N2O4S.